The molecule has 3 nitrogen and oxygen atoms in total. The van der Waals surface area contributed by atoms with Gasteiger partial charge in [-0.2, -0.15) is 4.39 Å². The summed E-state index contributed by atoms with van der Waals surface area (Å²) in [5, 5.41) is 6.83. The molecule has 0 radical (unpaired) electrons. The number of rotatable bonds is 4. The molecule has 0 saturated carbocycles. The quantitative estimate of drug-likeness (QED) is 0.808. The standard InChI is InChI=1S/C14H22FN3/c1-11(10-12-6-3-2-4-9-16-12)17-14-8-5-7-13(15)18-14/h5,7-8,11-12,16H,2-4,6,9-10H2,1H3,(H,17,18). The highest BCUT2D eigenvalue weighted by Crippen LogP contribution is 2.14. The first-order chi connectivity index (χ1) is 8.74. The molecule has 2 atom stereocenters. The van der Waals surface area contributed by atoms with Crippen molar-refractivity contribution in [1.82, 2.24) is 10.3 Å². The van der Waals surface area contributed by atoms with Crippen LogP contribution in [0, 0.1) is 5.95 Å². The van der Waals surface area contributed by atoms with Gasteiger partial charge in [0.2, 0.25) is 5.95 Å². The third-order valence-electron chi connectivity index (χ3n) is 3.41. The minimum absolute atomic E-state index is 0.301. The Morgan fingerprint density at radius 3 is 3.17 bits per heavy atom. The Morgan fingerprint density at radius 1 is 1.44 bits per heavy atom. The molecule has 1 aromatic rings. The molecule has 18 heavy (non-hydrogen) atoms. The first-order valence-electron chi connectivity index (χ1n) is 6.86. The van der Waals surface area contributed by atoms with E-state index >= 15 is 0 Å². The lowest BCUT2D eigenvalue weighted by atomic mass is 10.0. The van der Waals surface area contributed by atoms with E-state index < -0.39 is 5.95 Å². The van der Waals surface area contributed by atoms with Crippen molar-refractivity contribution in [2.75, 3.05) is 11.9 Å². The third-order valence-corrected chi connectivity index (χ3v) is 3.41. The van der Waals surface area contributed by atoms with Crippen molar-refractivity contribution >= 4 is 5.82 Å². The number of nitrogens with one attached hydrogen (secondary N) is 2. The van der Waals surface area contributed by atoms with Crippen molar-refractivity contribution in [3.05, 3.63) is 24.1 Å². The highest BCUT2D eigenvalue weighted by molar-refractivity contribution is 5.34. The summed E-state index contributed by atoms with van der Waals surface area (Å²) in [6.45, 7) is 3.24. The molecule has 2 N–H and O–H groups in total. The second kappa shape index (κ2) is 6.69. The molecule has 0 amide bonds. The van der Waals surface area contributed by atoms with Crippen LogP contribution in [-0.2, 0) is 0 Å². The van der Waals surface area contributed by atoms with E-state index in [1.165, 1.54) is 31.7 Å². The van der Waals surface area contributed by atoms with Crippen LogP contribution in [0.5, 0.6) is 0 Å². The van der Waals surface area contributed by atoms with Gasteiger partial charge in [-0.3, -0.25) is 0 Å². The largest absolute Gasteiger partial charge is 0.367 e. The van der Waals surface area contributed by atoms with Crippen LogP contribution >= 0.6 is 0 Å². The predicted octanol–water partition coefficient (Wildman–Crippen LogP) is 2.94. The van der Waals surface area contributed by atoms with Crippen molar-refractivity contribution in [3.63, 3.8) is 0 Å². The third kappa shape index (κ3) is 4.26. The Balaban J connectivity index is 1.82. The van der Waals surface area contributed by atoms with Gasteiger partial charge < -0.3 is 10.6 Å². The maximum Gasteiger partial charge on any atom is 0.214 e. The van der Waals surface area contributed by atoms with Gasteiger partial charge in [0.15, 0.2) is 0 Å². The summed E-state index contributed by atoms with van der Waals surface area (Å²) in [4.78, 5) is 3.83. The maximum atomic E-state index is 13.0. The number of nitrogens with zero attached hydrogens (tertiary/aromatic N) is 1. The molecule has 0 aliphatic carbocycles. The molecule has 1 saturated heterocycles. The summed E-state index contributed by atoms with van der Waals surface area (Å²) in [5.41, 5.74) is 0. The van der Waals surface area contributed by atoms with Gasteiger partial charge in [-0.05, 0) is 44.9 Å². The Labute approximate surface area is 108 Å². The van der Waals surface area contributed by atoms with E-state index in [2.05, 4.69) is 22.5 Å². The maximum absolute atomic E-state index is 13.0. The minimum Gasteiger partial charge on any atom is -0.367 e. The number of anilines is 1. The van der Waals surface area contributed by atoms with Crippen molar-refractivity contribution in [2.24, 2.45) is 0 Å². The van der Waals surface area contributed by atoms with Crippen LogP contribution in [0.1, 0.15) is 39.0 Å². The van der Waals surface area contributed by atoms with Crippen molar-refractivity contribution in [1.29, 1.82) is 0 Å². The van der Waals surface area contributed by atoms with E-state index in [-0.39, 0.29) is 0 Å². The van der Waals surface area contributed by atoms with E-state index in [9.17, 15) is 4.39 Å². The first-order valence-corrected chi connectivity index (χ1v) is 6.86. The molecule has 4 heteroatoms. The number of halogens is 1. The van der Waals surface area contributed by atoms with Gasteiger partial charge in [-0.1, -0.05) is 18.9 Å². The lowest BCUT2D eigenvalue weighted by Gasteiger charge is -2.21. The van der Waals surface area contributed by atoms with Crippen LogP contribution in [0.25, 0.3) is 0 Å². The van der Waals surface area contributed by atoms with E-state index in [0.717, 1.165) is 13.0 Å². The Hall–Kier alpha value is -1.16. The van der Waals surface area contributed by atoms with Crippen LogP contribution in [0.3, 0.4) is 0 Å². The second-order valence-corrected chi connectivity index (χ2v) is 5.13. The molecule has 2 rings (SSSR count). The highest BCUT2D eigenvalue weighted by Gasteiger charge is 2.15. The average molecular weight is 251 g/mol. The van der Waals surface area contributed by atoms with Crippen molar-refractivity contribution < 1.29 is 4.39 Å². The fourth-order valence-electron chi connectivity index (χ4n) is 2.53. The number of pyridine rings is 1. The molecule has 0 aromatic carbocycles. The van der Waals surface area contributed by atoms with E-state index in [0.29, 0.717) is 17.9 Å². The zero-order valence-corrected chi connectivity index (χ0v) is 11.0. The van der Waals surface area contributed by atoms with Crippen LogP contribution in [0.2, 0.25) is 0 Å². The van der Waals surface area contributed by atoms with Gasteiger partial charge >= 0.3 is 0 Å². The first kappa shape index (κ1) is 13.3. The fraction of sp³-hybridized carbons (Fsp3) is 0.643. The zero-order chi connectivity index (χ0) is 12.8. The van der Waals surface area contributed by atoms with Crippen molar-refractivity contribution in [2.45, 2.75) is 51.1 Å². The zero-order valence-electron chi connectivity index (χ0n) is 11.0. The van der Waals surface area contributed by atoms with Crippen molar-refractivity contribution in [3.8, 4) is 0 Å². The van der Waals surface area contributed by atoms with Crippen LogP contribution < -0.4 is 10.6 Å². The molecule has 1 fully saturated rings. The topological polar surface area (TPSA) is 37.0 Å². The van der Waals surface area contributed by atoms with Gasteiger partial charge in [0.05, 0.1) is 0 Å². The van der Waals surface area contributed by atoms with Gasteiger partial charge in [0, 0.05) is 12.1 Å². The molecule has 2 heterocycles. The highest BCUT2D eigenvalue weighted by atomic mass is 19.1. The Morgan fingerprint density at radius 2 is 2.33 bits per heavy atom. The normalized spacial score (nSPS) is 22.2. The molecule has 0 bridgehead atoms. The Kier molecular flexibility index (Phi) is 4.93. The summed E-state index contributed by atoms with van der Waals surface area (Å²) in [6.07, 6.45) is 6.21. The minimum atomic E-state index is -0.431. The summed E-state index contributed by atoms with van der Waals surface area (Å²) in [7, 11) is 0. The van der Waals surface area contributed by atoms with Crippen LogP contribution in [0.4, 0.5) is 10.2 Å². The molecule has 1 aliphatic heterocycles. The van der Waals surface area contributed by atoms with Crippen LogP contribution in [-0.4, -0.2) is 23.6 Å². The van der Waals surface area contributed by atoms with Gasteiger partial charge in [-0.15, -0.1) is 0 Å². The van der Waals surface area contributed by atoms with E-state index in [1.807, 2.05) is 0 Å². The number of hydrogen-bond acceptors (Lipinski definition) is 3. The molecule has 1 aromatic heterocycles. The fourth-order valence-corrected chi connectivity index (χ4v) is 2.53. The summed E-state index contributed by atoms with van der Waals surface area (Å²) in [5.74, 6) is 0.191. The molecule has 100 valence electrons. The number of aromatic nitrogens is 1. The monoisotopic (exact) mass is 251 g/mol. The average Bonchev–Trinajstić information content (AvgIpc) is 2.57. The smallest absolute Gasteiger partial charge is 0.214 e. The SMILES string of the molecule is CC(CC1CCCCCN1)Nc1cccc(F)n1. The number of hydrogen-bond donors (Lipinski definition) is 2. The molecule has 2 unspecified atom stereocenters. The Bertz CT molecular complexity index is 362. The lowest BCUT2D eigenvalue weighted by Crippen LogP contribution is -2.33. The van der Waals surface area contributed by atoms with Crippen LogP contribution in [0.15, 0.2) is 18.2 Å². The molecule has 1 aliphatic rings. The van der Waals surface area contributed by atoms with E-state index in [1.54, 1.807) is 12.1 Å². The molecular weight excluding hydrogens is 229 g/mol. The van der Waals surface area contributed by atoms with E-state index in [4.69, 9.17) is 0 Å². The summed E-state index contributed by atoms with van der Waals surface area (Å²) in [6, 6.07) is 5.72. The van der Waals surface area contributed by atoms with Gasteiger partial charge in [0.25, 0.3) is 0 Å². The molecule has 0 spiro atoms. The predicted molar refractivity (Wildman–Crippen MR) is 72.2 cm³/mol. The second-order valence-electron chi connectivity index (χ2n) is 5.13. The van der Waals surface area contributed by atoms with Gasteiger partial charge in [0.1, 0.15) is 5.82 Å². The lowest BCUT2D eigenvalue weighted by molar-refractivity contribution is 0.455. The summed E-state index contributed by atoms with van der Waals surface area (Å²) >= 11 is 0. The molecular formula is C14H22FN3. The van der Waals surface area contributed by atoms with Gasteiger partial charge in [-0.25, -0.2) is 4.98 Å². The summed E-state index contributed by atoms with van der Waals surface area (Å²) < 4.78 is 13.0.